The van der Waals surface area contributed by atoms with Crippen molar-refractivity contribution in [2.75, 3.05) is 0 Å². The summed E-state index contributed by atoms with van der Waals surface area (Å²) in [6, 6.07) is 0. The summed E-state index contributed by atoms with van der Waals surface area (Å²) in [4.78, 5) is 9.86. The third kappa shape index (κ3) is 5.10. The minimum atomic E-state index is 0.500. The van der Waals surface area contributed by atoms with Gasteiger partial charge >= 0.3 is 0 Å². The molecular weight excluding hydrogens is 112 g/mol. The lowest BCUT2D eigenvalue weighted by Crippen LogP contribution is -1.92. The fraction of sp³-hybridized carbons (Fsp3) is 0.625. The van der Waals surface area contributed by atoms with Crippen molar-refractivity contribution in [2.45, 2.75) is 26.2 Å². The fourth-order valence-corrected chi connectivity index (χ4v) is 0.656. The van der Waals surface area contributed by atoms with E-state index in [4.69, 9.17) is 6.42 Å². The number of rotatable bonds is 4. The van der Waals surface area contributed by atoms with E-state index in [9.17, 15) is 4.79 Å². The summed E-state index contributed by atoms with van der Waals surface area (Å²) in [6.07, 6.45) is 8.35. The van der Waals surface area contributed by atoms with E-state index in [0.29, 0.717) is 12.3 Å². The van der Waals surface area contributed by atoms with Crippen molar-refractivity contribution in [1.29, 1.82) is 0 Å². The van der Waals surface area contributed by atoms with E-state index >= 15 is 0 Å². The highest BCUT2D eigenvalue weighted by molar-refractivity contribution is 5.49. The van der Waals surface area contributed by atoms with Crippen LogP contribution in [0.1, 0.15) is 26.2 Å². The maximum atomic E-state index is 9.86. The smallest absolute Gasteiger partial charge is 0.120 e. The zero-order valence-electron chi connectivity index (χ0n) is 5.76. The molecule has 0 aromatic heterocycles. The number of hydrogen-bond donors (Lipinski definition) is 0. The highest BCUT2D eigenvalue weighted by Gasteiger charge is 1.96. The van der Waals surface area contributed by atoms with Gasteiger partial charge in [0.25, 0.3) is 0 Å². The first-order valence-electron chi connectivity index (χ1n) is 3.18. The van der Waals surface area contributed by atoms with Crippen molar-refractivity contribution < 1.29 is 4.79 Å². The lowest BCUT2D eigenvalue weighted by molar-refractivity contribution is -0.108. The lowest BCUT2D eigenvalue weighted by atomic mass is 10.0. The SMILES string of the molecule is C#CC[C@@H](C)CCC=O. The summed E-state index contributed by atoms with van der Waals surface area (Å²) < 4.78 is 0. The Balaban J connectivity index is 3.17. The van der Waals surface area contributed by atoms with Crippen LogP contribution in [0.5, 0.6) is 0 Å². The van der Waals surface area contributed by atoms with Gasteiger partial charge in [0.2, 0.25) is 0 Å². The third-order valence-corrected chi connectivity index (χ3v) is 1.24. The van der Waals surface area contributed by atoms with Crippen LogP contribution in [-0.4, -0.2) is 6.29 Å². The number of carbonyl (C=O) groups excluding carboxylic acids is 1. The minimum absolute atomic E-state index is 0.500. The van der Waals surface area contributed by atoms with E-state index in [1.807, 2.05) is 0 Å². The molecule has 0 aliphatic carbocycles. The van der Waals surface area contributed by atoms with Gasteiger partial charge in [-0.05, 0) is 12.3 Å². The molecule has 0 rings (SSSR count). The topological polar surface area (TPSA) is 17.1 Å². The molecule has 0 heterocycles. The Morgan fingerprint density at radius 1 is 1.78 bits per heavy atom. The molecule has 0 aliphatic heterocycles. The minimum Gasteiger partial charge on any atom is -0.303 e. The Bertz CT molecular complexity index is 110. The second-order valence-corrected chi connectivity index (χ2v) is 2.26. The Labute approximate surface area is 56.5 Å². The zero-order valence-corrected chi connectivity index (χ0v) is 5.76. The van der Waals surface area contributed by atoms with Crippen LogP contribution in [-0.2, 0) is 4.79 Å². The molecule has 1 nitrogen and oxygen atoms in total. The average Bonchev–Trinajstić information content (AvgIpc) is 1.85. The summed E-state index contributed by atoms with van der Waals surface area (Å²) in [6.45, 7) is 2.06. The van der Waals surface area contributed by atoms with Gasteiger partial charge in [0.1, 0.15) is 6.29 Å². The molecular formula is C8H12O. The summed E-state index contributed by atoms with van der Waals surface area (Å²) in [5.41, 5.74) is 0. The number of aldehydes is 1. The Hall–Kier alpha value is -0.770. The summed E-state index contributed by atoms with van der Waals surface area (Å²) in [7, 11) is 0. The Morgan fingerprint density at radius 2 is 2.44 bits per heavy atom. The van der Waals surface area contributed by atoms with E-state index < -0.39 is 0 Å². The first kappa shape index (κ1) is 8.23. The van der Waals surface area contributed by atoms with Crippen molar-refractivity contribution in [3.05, 3.63) is 0 Å². The maximum absolute atomic E-state index is 9.86. The van der Waals surface area contributed by atoms with Crippen molar-refractivity contribution in [2.24, 2.45) is 5.92 Å². The van der Waals surface area contributed by atoms with Crippen LogP contribution in [0, 0.1) is 18.3 Å². The average molecular weight is 124 g/mol. The zero-order chi connectivity index (χ0) is 7.11. The van der Waals surface area contributed by atoms with Crippen molar-refractivity contribution >= 4 is 6.29 Å². The highest BCUT2D eigenvalue weighted by Crippen LogP contribution is 2.06. The van der Waals surface area contributed by atoms with Gasteiger partial charge in [-0.15, -0.1) is 12.3 Å². The first-order valence-corrected chi connectivity index (χ1v) is 3.18. The van der Waals surface area contributed by atoms with Gasteiger partial charge in [-0.1, -0.05) is 6.92 Å². The molecule has 0 radical (unpaired) electrons. The number of hydrogen-bond acceptors (Lipinski definition) is 1. The molecule has 0 aromatic carbocycles. The van der Waals surface area contributed by atoms with Gasteiger partial charge in [0, 0.05) is 12.8 Å². The van der Waals surface area contributed by atoms with Gasteiger partial charge < -0.3 is 4.79 Å². The van der Waals surface area contributed by atoms with Gasteiger partial charge in [-0.2, -0.15) is 0 Å². The molecule has 1 atom stereocenters. The van der Waals surface area contributed by atoms with Gasteiger partial charge in [0.05, 0.1) is 0 Å². The molecule has 0 amide bonds. The van der Waals surface area contributed by atoms with E-state index in [-0.39, 0.29) is 0 Å². The van der Waals surface area contributed by atoms with E-state index in [1.165, 1.54) is 0 Å². The monoisotopic (exact) mass is 124 g/mol. The molecule has 1 heteroatoms. The molecule has 0 spiro atoms. The first-order chi connectivity index (χ1) is 4.31. The lowest BCUT2D eigenvalue weighted by Gasteiger charge is -2.01. The van der Waals surface area contributed by atoms with Crippen LogP contribution < -0.4 is 0 Å². The van der Waals surface area contributed by atoms with Gasteiger partial charge in [0.15, 0.2) is 0 Å². The molecule has 0 N–H and O–H groups in total. The molecule has 0 aromatic rings. The predicted octanol–water partition coefficient (Wildman–Crippen LogP) is 1.62. The van der Waals surface area contributed by atoms with E-state index in [2.05, 4.69) is 12.8 Å². The predicted molar refractivity (Wildman–Crippen MR) is 37.9 cm³/mol. The van der Waals surface area contributed by atoms with Crippen LogP contribution in [0.2, 0.25) is 0 Å². The summed E-state index contributed by atoms with van der Waals surface area (Å²) >= 11 is 0. The molecule has 50 valence electrons. The molecule has 0 saturated heterocycles. The fourth-order valence-electron chi connectivity index (χ4n) is 0.656. The Kier molecular flexibility index (Phi) is 4.91. The molecule has 0 bridgehead atoms. The van der Waals surface area contributed by atoms with Crippen molar-refractivity contribution in [3.8, 4) is 12.3 Å². The standard InChI is InChI=1S/C8H12O/c1-3-5-8(2)6-4-7-9/h1,7-8H,4-6H2,2H3/t8-/m1/s1. The molecule has 9 heavy (non-hydrogen) atoms. The van der Waals surface area contributed by atoms with Crippen molar-refractivity contribution in [3.63, 3.8) is 0 Å². The molecule has 0 aliphatic rings. The van der Waals surface area contributed by atoms with Crippen LogP contribution >= 0.6 is 0 Å². The van der Waals surface area contributed by atoms with Crippen LogP contribution in [0.3, 0.4) is 0 Å². The van der Waals surface area contributed by atoms with Crippen LogP contribution in [0.4, 0.5) is 0 Å². The normalized spacial score (nSPS) is 12.0. The maximum Gasteiger partial charge on any atom is 0.120 e. The Morgan fingerprint density at radius 3 is 2.89 bits per heavy atom. The van der Waals surface area contributed by atoms with E-state index in [1.54, 1.807) is 0 Å². The van der Waals surface area contributed by atoms with Gasteiger partial charge in [-0.3, -0.25) is 0 Å². The summed E-state index contributed by atoms with van der Waals surface area (Å²) in [5, 5.41) is 0. The second-order valence-electron chi connectivity index (χ2n) is 2.26. The molecule has 0 saturated carbocycles. The van der Waals surface area contributed by atoms with Crippen molar-refractivity contribution in [1.82, 2.24) is 0 Å². The van der Waals surface area contributed by atoms with Crippen LogP contribution in [0.25, 0.3) is 0 Å². The second kappa shape index (κ2) is 5.37. The number of terminal acetylenes is 1. The third-order valence-electron chi connectivity index (χ3n) is 1.24. The van der Waals surface area contributed by atoms with Crippen LogP contribution in [0.15, 0.2) is 0 Å². The molecule has 0 fully saturated rings. The van der Waals surface area contributed by atoms with E-state index in [0.717, 1.165) is 19.1 Å². The quantitative estimate of drug-likeness (QED) is 0.411. The van der Waals surface area contributed by atoms with Gasteiger partial charge in [-0.25, -0.2) is 0 Å². The largest absolute Gasteiger partial charge is 0.303 e. The molecule has 0 unspecified atom stereocenters. The highest BCUT2D eigenvalue weighted by atomic mass is 16.1. The number of carbonyl (C=O) groups is 1. The summed E-state index contributed by atoms with van der Waals surface area (Å²) in [5.74, 6) is 3.06.